The van der Waals surface area contributed by atoms with Crippen molar-refractivity contribution in [3.05, 3.63) is 23.3 Å². The van der Waals surface area contributed by atoms with Crippen molar-refractivity contribution in [3.8, 4) is 0 Å². The van der Waals surface area contributed by atoms with Gasteiger partial charge >= 0.3 is 12.1 Å². The van der Waals surface area contributed by atoms with Gasteiger partial charge in [0.25, 0.3) is 0 Å². The van der Waals surface area contributed by atoms with E-state index in [1.165, 1.54) is 6.92 Å². The number of hydrogen-bond acceptors (Lipinski definition) is 6. The highest BCUT2D eigenvalue weighted by molar-refractivity contribution is 5.70. The Hall–Kier alpha value is -1.82. The zero-order valence-corrected chi connectivity index (χ0v) is 17.9. The van der Waals surface area contributed by atoms with Crippen LogP contribution < -0.4 is 0 Å². The third kappa shape index (κ3) is 2.01. The Morgan fingerprint density at radius 2 is 1.97 bits per heavy atom. The fourth-order valence-electron chi connectivity index (χ4n) is 7.63. The minimum absolute atomic E-state index is 0.0172. The molecule has 29 heavy (non-hydrogen) atoms. The lowest BCUT2D eigenvalue weighted by Crippen LogP contribution is -2.65. The lowest BCUT2D eigenvalue weighted by Gasteiger charge is -2.50. The molecule has 2 bridgehead atoms. The molecule has 0 aromatic rings. The van der Waals surface area contributed by atoms with E-state index in [1.54, 1.807) is 0 Å². The highest BCUT2D eigenvalue weighted by Crippen LogP contribution is 2.74. The minimum atomic E-state index is -1.28. The van der Waals surface area contributed by atoms with Gasteiger partial charge in [0, 0.05) is 12.8 Å². The first-order valence-electron chi connectivity index (χ1n) is 10.6. The number of esters is 1. The van der Waals surface area contributed by atoms with E-state index in [9.17, 15) is 14.7 Å². The van der Waals surface area contributed by atoms with Gasteiger partial charge in [0.1, 0.15) is 0 Å². The molecule has 0 radical (unpaired) electrons. The monoisotopic (exact) mass is 402 g/mol. The molecule has 6 nitrogen and oxygen atoms in total. The number of ether oxygens (including phenoxy) is 3. The zero-order valence-electron chi connectivity index (χ0n) is 17.9. The molecular weight excluding hydrogens is 372 g/mol. The quantitative estimate of drug-likeness (QED) is 0.535. The molecule has 5 aliphatic rings. The third-order valence-corrected chi connectivity index (χ3v) is 8.79. The second-order valence-electron chi connectivity index (χ2n) is 10.5. The molecule has 0 aromatic carbocycles. The predicted octanol–water partition coefficient (Wildman–Crippen LogP) is 3.39. The molecule has 9 atom stereocenters. The average Bonchev–Trinajstić information content (AvgIpc) is 2.92. The van der Waals surface area contributed by atoms with Gasteiger partial charge in [-0.05, 0) is 54.6 Å². The summed E-state index contributed by atoms with van der Waals surface area (Å²) in [5, 5.41) is 11.9. The molecular formula is C23H30O6. The molecule has 0 aromatic heterocycles. The number of aliphatic hydroxyl groups is 1. The zero-order chi connectivity index (χ0) is 21.1. The lowest BCUT2D eigenvalue weighted by atomic mass is 9.58. The lowest BCUT2D eigenvalue weighted by molar-refractivity contribution is -0.191. The Bertz CT molecular complexity index is 871. The third-order valence-electron chi connectivity index (χ3n) is 8.79. The second-order valence-corrected chi connectivity index (χ2v) is 10.5. The molecule has 158 valence electrons. The van der Waals surface area contributed by atoms with E-state index in [4.69, 9.17) is 14.2 Å². The molecule has 5 rings (SSSR count). The molecule has 1 aliphatic heterocycles. The van der Waals surface area contributed by atoms with Crippen molar-refractivity contribution >= 4 is 12.1 Å². The largest absolute Gasteiger partial charge is 0.509 e. The van der Waals surface area contributed by atoms with Gasteiger partial charge in [0.2, 0.25) is 5.60 Å². The van der Waals surface area contributed by atoms with Crippen LogP contribution in [0.25, 0.3) is 0 Å². The van der Waals surface area contributed by atoms with Gasteiger partial charge in [-0.15, -0.1) is 0 Å². The van der Waals surface area contributed by atoms with Crippen LogP contribution in [0.5, 0.6) is 0 Å². The number of aliphatic hydroxyl groups excluding tert-OH is 1. The molecule has 4 aliphatic carbocycles. The highest BCUT2D eigenvalue weighted by Gasteiger charge is 2.80. The number of hydrogen-bond donors (Lipinski definition) is 1. The number of rotatable bonds is 1. The van der Waals surface area contributed by atoms with Crippen LogP contribution in [0.15, 0.2) is 23.3 Å². The van der Waals surface area contributed by atoms with E-state index in [0.29, 0.717) is 11.8 Å². The maximum absolute atomic E-state index is 12.5. The first kappa shape index (κ1) is 19.2. The van der Waals surface area contributed by atoms with Crippen molar-refractivity contribution in [1.82, 2.24) is 0 Å². The van der Waals surface area contributed by atoms with Crippen molar-refractivity contribution in [2.24, 2.45) is 34.5 Å². The molecule has 9 unspecified atom stereocenters. The molecule has 1 heterocycles. The molecule has 6 heteroatoms. The van der Waals surface area contributed by atoms with Gasteiger partial charge in [-0.2, -0.15) is 0 Å². The van der Waals surface area contributed by atoms with Gasteiger partial charge < -0.3 is 19.3 Å². The maximum atomic E-state index is 12.5. The van der Waals surface area contributed by atoms with Crippen molar-refractivity contribution in [2.75, 3.05) is 0 Å². The second kappa shape index (κ2) is 5.45. The average molecular weight is 402 g/mol. The maximum Gasteiger partial charge on any atom is 0.509 e. The van der Waals surface area contributed by atoms with Gasteiger partial charge in [-0.3, -0.25) is 4.79 Å². The smallest absolute Gasteiger partial charge is 0.454 e. The summed E-state index contributed by atoms with van der Waals surface area (Å²) >= 11 is 0. The van der Waals surface area contributed by atoms with E-state index in [2.05, 4.69) is 26.8 Å². The van der Waals surface area contributed by atoms with Gasteiger partial charge in [0.05, 0.1) is 11.5 Å². The van der Waals surface area contributed by atoms with Crippen LogP contribution in [-0.2, 0) is 19.0 Å². The van der Waals surface area contributed by atoms with Crippen LogP contribution in [0.4, 0.5) is 4.79 Å². The molecule has 2 saturated carbocycles. The predicted molar refractivity (Wildman–Crippen MR) is 104 cm³/mol. The number of carbonyl (C=O) groups excluding carboxylic acids is 2. The molecule has 1 N–H and O–H groups in total. The van der Waals surface area contributed by atoms with Gasteiger partial charge in [0.15, 0.2) is 12.2 Å². The van der Waals surface area contributed by atoms with Crippen LogP contribution in [0, 0.1) is 34.5 Å². The van der Waals surface area contributed by atoms with Crippen LogP contribution >= 0.6 is 0 Å². The summed E-state index contributed by atoms with van der Waals surface area (Å²) in [6.07, 6.45) is 2.03. The van der Waals surface area contributed by atoms with E-state index in [-0.39, 0.29) is 17.3 Å². The fraction of sp³-hybridized carbons (Fsp3) is 0.739. The standard InChI is InChI=1S/C23H30O6/c1-10-7-14-16-15(21(16,5)6)8-12(3)22(17(14)25)9-11(2)19(27-13(4)24)23(22)18(10)28-20(26)29-23/h7,9,12,14-19,25H,8H2,1-6H3. The Kier molecular flexibility index (Phi) is 3.60. The Morgan fingerprint density at radius 1 is 1.28 bits per heavy atom. The van der Waals surface area contributed by atoms with Crippen molar-refractivity contribution < 1.29 is 28.9 Å². The molecule has 1 saturated heterocycles. The van der Waals surface area contributed by atoms with E-state index >= 15 is 0 Å². The molecule has 2 spiro atoms. The summed E-state index contributed by atoms with van der Waals surface area (Å²) in [6, 6.07) is 0. The summed E-state index contributed by atoms with van der Waals surface area (Å²) in [7, 11) is 0. The number of fused-ring (bicyclic) bond motifs is 3. The van der Waals surface area contributed by atoms with Crippen LogP contribution in [0.2, 0.25) is 0 Å². The summed E-state index contributed by atoms with van der Waals surface area (Å²) in [5.41, 5.74) is -0.337. The highest BCUT2D eigenvalue weighted by atomic mass is 16.8. The normalized spacial score (nSPS) is 51.1. The minimum Gasteiger partial charge on any atom is -0.454 e. The van der Waals surface area contributed by atoms with E-state index in [1.807, 2.05) is 19.9 Å². The van der Waals surface area contributed by atoms with Crippen molar-refractivity contribution in [2.45, 2.75) is 71.9 Å². The summed E-state index contributed by atoms with van der Waals surface area (Å²) in [4.78, 5) is 24.5. The Balaban J connectivity index is 1.78. The first-order chi connectivity index (χ1) is 13.5. The Morgan fingerprint density at radius 3 is 2.62 bits per heavy atom. The summed E-state index contributed by atoms with van der Waals surface area (Å²) in [6.45, 7) is 11.9. The van der Waals surface area contributed by atoms with Gasteiger partial charge in [-0.1, -0.05) is 32.9 Å². The molecule has 3 fully saturated rings. The van der Waals surface area contributed by atoms with Gasteiger partial charge in [-0.25, -0.2) is 4.79 Å². The van der Waals surface area contributed by atoms with Crippen LogP contribution in [-0.4, -0.2) is 41.1 Å². The van der Waals surface area contributed by atoms with E-state index in [0.717, 1.165) is 17.6 Å². The van der Waals surface area contributed by atoms with Crippen molar-refractivity contribution in [3.63, 3.8) is 0 Å². The Labute approximate surface area is 171 Å². The summed E-state index contributed by atoms with van der Waals surface area (Å²) in [5.74, 6) is 0.363. The topological polar surface area (TPSA) is 82.1 Å². The van der Waals surface area contributed by atoms with Crippen LogP contribution in [0.3, 0.4) is 0 Å². The SMILES string of the molecule is CC(=O)OC1C(C)=CC23C(C)CC4C(C(C=C(C)C5OC(=O)OC152)C3O)C4(C)C. The van der Waals surface area contributed by atoms with Crippen LogP contribution in [0.1, 0.15) is 48.0 Å². The first-order valence-corrected chi connectivity index (χ1v) is 10.6. The van der Waals surface area contributed by atoms with Crippen molar-refractivity contribution in [1.29, 1.82) is 0 Å². The fourth-order valence-corrected chi connectivity index (χ4v) is 7.63. The van der Waals surface area contributed by atoms with E-state index < -0.39 is 41.5 Å². The number of carbonyl (C=O) groups is 2. The summed E-state index contributed by atoms with van der Waals surface area (Å²) < 4.78 is 17.4. The molecule has 0 amide bonds.